The molecule has 3 heterocycles. The minimum absolute atomic E-state index is 0.442. The molecule has 102 valence electrons. The van der Waals surface area contributed by atoms with E-state index in [1.165, 1.54) is 6.20 Å². The Morgan fingerprint density at radius 3 is 2.85 bits per heavy atom. The van der Waals surface area contributed by atoms with Crippen LogP contribution < -0.4 is 5.43 Å². The highest BCUT2D eigenvalue weighted by Crippen LogP contribution is 2.27. The number of carbonyl (C=O) groups excluding carboxylic acids is 1. The Bertz CT molecular complexity index is 757. The number of hydrogen-bond acceptors (Lipinski definition) is 3. The summed E-state index contributed by atoms with van der Waals surface area (Å²) in [5, 5.41) is 3.65. The number of nitrogens with one attached hydrogen (secondary N) is 2. The number of amides is 1. The molecule has 8 heteroatoms. The maximum absolute atomic E-state index is 12.7. The normalized spacial score (nSPS) is 17.6. The van der Waals surface area contributed by atoms with E-state index in [0.717, 1.165) is 6.08 Å². The lowest BCUT2D eigenvalue weighted by Gasteiger charge is -2.05. The molecule has 3 rings (SSSR count). The van der Waals surface area contributed by atoms with E-state index in [2.05, 4.69) is 15.1 Å². The summed E-state index contributed by atoms with van der Waals surface area (Å²) in [5.74, 6) is -0.879. The second kappa shape index (κ2) is 4.19. The Morgan fingerprint density at radius 2 is 2.10 bits per heavy atom. The molecule has 0 atom stereocenters. The van der Waals surface area contributed by atoms with Crippen LogP contribution in [0.3, 0.4) is 0 Å². The zero-order valence-corrected chi connectivity index (χ0v) is 9.82. The predicted molar refractivity (Wildman–Crippen MR) is 65.7 cm³/mol. The van der Waals surface area contributed by atoms with Gasteiger partial charge < -0.3 is 4.98 Å². The molecule has 0 aromatic carbocycles. The van der Waals surface area contributed by atoms with Gasteiger partial charge in [-0.2, -0.15) is 18.3 Å². The monoisotopic (exact) mass is 280 g/mol. The summed E-state index contributed by atoms with van der Waals surface area (Å²) in [5.41, 5.74) is 1.06. The van der Waals surface area contributed by atoms with E-state index in [9.17, 15) is 18.0 Å². The van der Waals surface area contributed by atoms with E-state index in [-0.39, 0.29) is 0 Å². The first-order valence-corrected chi connectivity index (χ1v) is 5.56. The Labute approximate surface area is 110 Å². The number of halogens is 3. The summed E-state index contributed by atoms with van der Waals surface area (Å²) < 4.78 is 38.2. The second-order valence-electron chi connectivity index (χ2n) is 4.10. The number of alkyl halides is 3. The number of rotatable bonds is 1. The summed E-state index contributed by atoms with van der Waals surface area (Å²) in [6.45, 7) is 0. The van der Waals surface area contributed by atoms with Gasteiger partial charge in [-0.15, -0.1) is 0 Å². The number of hydrazone groups is 1. The predicted octanol–water partition coefficient (Wildman–Crippen LogP) is 1.99. The number of pyridine rings is 1. The minimum Gasteiger partial charge on any atom is -0.346 e. The number of hydrogen-bond donors (Lipinski definition) is 2. The summed E-state index contributed by atoms with van der Waals surface area (Å²) in [4.78, 5) is 18.3. The summed E-state index contributed by atoms with van der Waals surface area (Å²) in [6, 6.07) is 3.36. The van der Waals surface area contributed by atoms with E-state index in [0.29, 0.717) is 16.6 Å². The lowest BCUT2D eigenvalue weighted by molar-refractivity contribution is -0.116. The van der Waals surface area contributed by atoms with Crippen LogP contribution in [0.15, 0.2) is 35.2 Å². The fourth-order valence-corrected chi connectivity index (χ4v) is 1.94. The van der Waals surface area contributed by atoms with Crippen molar-refractivity contribution in [3.05, 3.63) is 35.7 Å². The molecule has 20 heavy (non-hydrogen) atoms. The highest BCUT2D eigenvalue weighted by molar-refractivity contribution is 6.29. The lowest BCUT2D eigenvalue weighted by Crippen LogP contribution is -2.24. The molecule has 0 saturated carbocycles. The molecule has 1 aliphatic heterocycles. The van der Waals surface area contributed by atoms with Crippen molar-refractivity contribution in [1.29, 1.82) is 0 Å². The van der Waals surface area contributed by atoms with Gasteiger partial charge in [-0.05, 0) is 18.2 Å². The number of fused-ring (bicyclic) bond motifs is 1. The summed E-state index contributed by atoms with van der Waals surface area (Å²) >= 11 is 0. The molecule has 2 aromatic heterocycles. The first-order valence-electron chi connectivity index (χ1n) is 5.56. The van der Waals surface area contributed by atoms with Gasteiger partial charge in [-0.3, -0.25) is 4.79 Å². The van der Waals surface area contributed by atoms with Crippen LogP contribution >= 0.6 is 0 Å². The molecule has 0 aliphatic carbocycles. The van der Waals surface area contributed by atoms with Gasteiger partial charge in [0.25, 0.3) is 5.91 Å². The van der Waals surface area contributed by atoms with Crippen molar-refractivity contribution in [1.82, 2.24) is 15.4 Å². The van der Waals surface area contributed by atoms with Crippen LogP contribution in [0.2, 0.25) is 0 Å². The lowest BCUT2D eigenvalue weighted by atomic mass is 10.1. The molecule has 0 saturated heterocycles. The van der Waals surface area contributed by atoms with Crippen LogP contribution in [0.5, 0.6) is 0 Å². The third-order valence-corrected chi connectivity index (χ3v) is 2.82. The molecule has 0 radical (unpaired) electrons. The van der Waals surface area contributed by atoms with Crippen molar-refractivity contribution >= 4 is 28.7 Å². The molecule has 0 fully saturated rings. The largest absolute Gasteiger partial charge is 0.435 e. The van der Waals surface area contributed by atoms with Gasteiger partial charge in [-0.25, -0.2) is 10.4 Å². The third-order valence-electron chi connectivity index (χ3n) is 2.82. The van der Waals surface area contributed by atoms with E-state index < -0.39 is 23.4 Å². The first kappa shape index (κ1) is 12.4. The zero-order valence-electron chi connectivity index (χ0n) is 9.82. The van der Waals surface area contributed by atoms with Gasteiger partial charge in [0.05, 0.1) is 5.57 Å². The van der Waals surface area contributed by atoms with Crippen molar-refractivity contribution in [2.24, 2.45) is 5.10 Å². The van der Waals surface area contributed by atoms with Gasteiger partial charge in [0, 0.05) is 23.3 Å². The molecule has 0 unspecified atom stereocenters. The van der Waals surface area contributed by atoms with Crippen LogP contribution in [-0.2, 0) is 4.79 Å². The first-order chi connectivity index (χ1) is 9.47. The second-order valence-corrected chi connectivity index (χ2v) is 4.10. The van der Waals surface area contributed by atoms with Crippen LogP contribution in [-0.4, -0.2) is 27.8 Å². The maximum atomic E-state index is 12.7. The van der Waals surface area contributed by atoms with Crippen molar-refractivity contribution in [2.75, 3.05) is 0 Å². The molecule has 0 spiro atoms. The molecule has 0 bridgehead atoms. The zero-order chi connectivity index (χ0) is 14.3. The topological polar surface area (TPSA) is 70.1 Å². The maximum Gasteiger partial charge on any atom is 0.435 e. The standard InChI is InChI=1S/C12H7F3N4O/c13-12(14,15)9-8(11(20)19-18-9)4-6-5-17-10-7(6)2-1-3-16-10/h1-5H,(H,16,17)(H,19,20). The Hall–Kier alpha value is -2.64. The van der Waals surface area contributed by atoms with Crippen LogP contribution in [0.25, 0.3) is 17.1 Å². The van der Waals surface area contributed by atoms with Gasteiger partial charge >= 0.3 is 6.18 Å². The van der Waals surface area contributed by atoms with E-state index in [1.807, 2.05) is 5.43 Å². The number of H-pyrrole nitrogens is 1. The van der Waals surface area contributed by atoms with Crippen LogP contribution in [0.4, 0.5) is 13.2 Å². The quantitative estimate of drug-likeness (QED) is 0.784. The number of carbonyl (C=O) groups is 1. The van der Waals surface area contributed by atoms with Gasteiger partial charge in [0.2, 0.25) is 0 Å². The molecule has 5 nitrogen and oxygen atoms in total. The average Bonchev–Trinajstić information content (AvgIpc) is 2.95. The van der Waals surface area contributed by atoms with Crippen molar-refractivity contribution in [3.63, 3.8) is 0 Å². The van der Waals surface area contributed by atoms with Crippen molar-refractivity contribution in [2.45, 2.75) is 6.18 Å². The SMILES string of the molecule is O=C1NN=C(C(F)(F)F)C1=Cc1c[nH]c2ncccc12. The molecule has 1 amide bonds. The third kappa shape index (κ3) is 1.94. The fraction of sp³-hybridized carbons (Fsp3) is 0.0833. The highest BCUT2D eigenvalue weighted by atomic mass is 19.4. The smallest absolute Gasteiger partial charge is 0.346 e. The molecule has 2 N–H and O–H groups in total. The highest BCUT2D eigenvalue weighted by Gasteiger charge is 2.43. The van der Waals surface area contributed by atoms with Crippen molar-refractivity contribution in [3.8, 4) is 0 Å². The number of nitrogens with zero attached hydrogens (tertiary/aromatic N) is 2. The summed E-state index contributed by atoms with van der Waals surface area (Å²) in [7, 11) is 0. The molecule has 1 aliphatic rings. The molecular formula is C12H7F3N4O. The average molecular weight is 280 g/mol. The number of aromatic nitrogens is 2. The van der Waals surface area contributed by atoms with Gasteiger partial charge in [0.1, 0.15) is 5.65 Å². The minimum atomic E-state index is -4.69. The van der Waals surface area contributed by atoms with Crippen molar-refractivity contribution < 1.29 is 18.0 Å². The Morgan fingerprint density at radius 1 is 1.30 bits per heavy atom. The molecule has 2 aromatic rings. The van der Waals surface area contributed by atoms with E-state index in [4.69, 9.17) is 0 Å². The summed E-state index contributed by atoms with van der Waals surface area (Å²) in [6.07, 6.45) is -0.491. The fourth-order valence-electron chi connectivity index (χ4n) is 1.94. The van der Waals surface area contributed by atoms with Crippen LogP contribution in [0.1, 0.15) is 5.56 Å². The Kier molecular flexibility index (Phi) is 2.60. The van der Waals surface area contributed by atoms with E-state index in [1.54, 1.807) is 18.3 Å². The van der Waals surface area contributed by atoms with Gasteiger partial charge in [0.15, 0.2) is 5.71 Å². The van der Waals surface area contributed by atoms with E-state index >= 15 is 0 Å². The Balaban J connectivity index is 2.11. The van der Waals surface area contributed by atoms with Gasteiger partial charge in [-0.1, -0.05) is 0 Å². The van der Waals surface area contributed by atoms with Crippen LogP contribution in [0, 0.1) is 0 Å². The number of aromatic amines is 1. The molecular weight excluding hydrogens is 273 g/mol.